The van der Waals surface area contributed by atoms with Crippen molar-refractivity contribution in [3.63, 3.8) is 0 Å². The van der Waals surface area contributed by atoms with Crippen molar-refractivity contribution < 1.29 is 33.3 Å². The predicted octanol–water partition coefficient (Wildman–Crippen LogP) is 2.59. The van der Waals surface area contributed by atoms with Crippen molar-refractivity contribution in [1.29, 1.82) is 0 Å². The van der Waals surface area contributed by atoms with Crippen LogP contribution in [0, 0.1) is 0 Å². The summed E-state index contributed by atoms with van der Waals surface area (Å²) in [6.45, 7) is 6.23. The standard InChI is InChI=1S/C25H27N3O7/c1-4-32-20-10-15-9-14(2)35-19(15)12-17(20)26-22(29)13-28-23(30)25(3,27-24(28)31)16-5-6-18-21(11-16)34-8-7-33-18/h5-6,10-12,14H,4,7-9,13H2,1-3H3,(H,26,29)(H,27,31). The van der Waals surface area contributed by atoms with Crippen LogP contribution in [0.25, 0.3) is 0 Å². The molecule has 2 aromatic carbocycles. The zero-order valence-electron chi connectivity index (χ0n) is 19.8. The normalized spacial score (nSPS) is 22.4. The lowest BCUT2D eigenvalue weighted by Gasteiger charge is -2.25. The number of fused-ring (bicyclic) bond motifs is 2. The van der Waals surface area contributed by atoms with E-state index >= 15 is 0 Å². The third-order valence-corrected chi connectivity index (χ3v) is 6.27. The number of urea groups is 1. The maximum atomic E-state index is 13.3. The number of nitrogens with one attached hydrogen (secondary N) is 2. The van der Waals surface area contributed by atoms with Gasteiger partial charge < -0.3 is 29.6 Å². The zero-order valence-corrected chi connectivity index (χ0v) is 19.8. The molecule has 5 rings (SSSR count). The first kappa shape index (κ1) is 22.8. The number of benzene rings is 2. The number of ether oxygens (including phenoxy) is 4. The fourth-order valence-electron chi connectivity index (χ4n) is 4.54. The fraction of sp³-hybridized carbons (Fsp3) is 0.400. The van der Waals surface area contributed by atoms with E-state index in [1.54, 1.807) is 31.2 Å². The van der Waals surface area contributed by atoms with Gasteiger partial charge in [-0.25, -0.2) is 4.79 Å². The summed E-state index contributed by atoms with van der Waals surface area (Å²) in [5, 5.41) is 5.47. The summed E-state index contributed by atoms with van der Waals surface area (Å²) in [5.74, 6) is 1.20. The Kier molecular flexibility index (Phi) is 5.66. The van der Waals surface area contributed by atoms with Gasteiger partial charge in [0.05, 0.1) is 12.3 Å². The lowest BCUT2D eigenvalue weighted by Crippen LogP contribution is -2.42. The highest BCUT2D eigenvalue weighted by atomic mass is 16.6. The number of rotatable bonds is 6. The summed E-state index contributed by atoms with van der Waals surface area (Å²) >= 11 is 0. The summed E-state index contributed by atoms with van der Waals surface area (Å²) in [5.41, 5.74) is 0.613. The third kappa shape index (κ3) is 4.09. The molecule has 2 N–H and O–H groups in total. The molecule has 0 aliphatic carbocycles. The third-order valence-electron chi connectivity index (χ3n) is 6.27. The molecular weight excluding hydrogens is 454 g/mol. The van der Waals surface area contributed by atoms with Crippen molar-refractivity contribution in [2.75, 3.05) is 31.7 Å². The summed E-state index contributed by atoms with van der Waals surface area (Å²) in [6, 6.07) is 8.00. The van der Waals surface area contributed by atoms with Gasteiger partial charge in [-0.05, 0) is 44.5 Å². The smallest absolute Gasteiger partial charge is 0.325 e. The van der Waals surface area contributed by atoms with E-state index in [4.69, 9.17) is 18.9 Å². The molecule has 35 heavy (non-hydrogen) atoms. The Morgan fingerprint density at radius 3 is 2.71 bits per heavy atom. The van der Waals surface area contributed by atoms with Gasteiger partial charge in [0.15, 0.2) is 11.5 Å². The van der Waals surface area contributed by atoms with Gasteiger partial charge in [-0.2, -0.15) is 0 Å². The first-order chi connectivity index (χ1) is 16.8. The number of amides is 4. The largest absolute Gasteiger partial charge is 0.492 e. The van der Waals surface area contributed by atoms with Gasteiger partial charge in [-0.1, -0.05) is 6.07 Å². The Labute approximate surface area is 202 Å². The quantitative estimate of drug-likeness (QED) is 0.610. The zero-order chi connectivity index (χ0) is 24.7. The van der Waals surface area contributed by atoms with Crippen molar-refractivity contribution in [1.82, 2.24) is 10.2 Å². The van der Waals surface area contributed by atoms with Crippen LogP contribution in [0.4, 0.5) is 10.5 Å². The van der Waals surface area contributed by atoms with Gasteiger partial charge in [0.25, 0.3) is 5.91 Å². The highest BCUT2D eigenvalue weighted by molar-refractivity contribution is 6.10. The van der Waals surface area contributed by atoms with Gasteiger partial charge in [0.1, 0.15) is 42.9 Å². The van der Waals surface area contributed by atoms with Crippen LogP contribution in [0.1, 0.15) is 31.9 Å². The Morgan fingerprint density at radius 1 is 1.17 bits per heavy atom. The lowest BCUT2D eigenvalue weighted by atomic mass is 9.91. The summed E-state index contributed by atoms with van der Waals surface area (Å²) < 4.78 is 22.6. The minimum Gasteiger partial charge on any atom is -0.492 e. The second-order valence-electron chi connectivity index (χ2n) is 8.87. The van der Waals surface area contributed by atoms with E-state index in [1.807, 2.05) is 19.9 Å². The molecule has 2 unspecified atom stereocenters. The molecule has 0 aromatic heterocycles. The van der Waals surface area contributed by atoms with Gasteiger partial charge in [-0.15, -0.1) is 0 Å². The van der Waals surface area contributed by atoms with Crippen LogP contribution in [0.5, 0.6) is 23.0 Å². The maximum Gasteiger partial charge on any atom is 0.325 e. The second kappa shape index (κ2) is 8.68. The number of hydrogen-bond acceptors (Lipinski definition) is 7. The van der Waals surface area contributed by atoms with E-state index in [-0.39, 0.29) is 6.10 Å². The van der Waals surface area contributed by atoms with Gasteiger partial charge in [-0.3, -0.25) is 14.5 Å². The molecule has 2 aromatic rings. The van der Waals surface area contributed by atoms with E-state index in [2.05, 4.69) is 10.6 Å². The molecule has 0 radical (unpaired) electrons. The molecule has 1 fully saturated rings. The van der Waals surface area contributed by atoms with Crippen molar-refractivity contribution in [3.05, 3.63) is 41.5 Å². The number of imide groups is 1. The van der Waals surface area contributed by atoms with Crippen LogP contribution in [-0.4, -0.2) is 55.2 Å². The number of carbonyl (C=O) groups is 3. The number of hydrogen-bond donors (Lipinski definition) is 2. The Hall–Kier alpha value is -3.95. The fourth-order valence-corrected chi connectivity index (χ4v) is 4.54. The van der Waals surface area contributed by atoms with Crippen molar-refractivity contribution in [2.24, 2.45) is 0 Å². The summed E-state index contributed by atoms with van der Waals surface area (Å²) in [6.07, 6.45) is 0.791. The predicted molar refractivity (Wildman–Crippen MR) is 125 cm³/mol. The van der Waals surface area contributed by atoms with E-state index in [1.165, 1.54) is 0 Å². The van der Waals surface area contributed by atoms with E-state index in [9.17, 15) is 14.4 Å². The lowest BCUT2D eigenvalue weighted by molar-refractivity contribution is -0.133. The van der Waals surface area contributed by atoms with Crippen molar-refractivity contribution in [3.8, 4) is 23.0 Å². The van der Waals surface area contributed by atoms with E-state index < -0.39 is 29.9 Å². The molecule has 1 saturated heterocycles. The SMILES string of the molecule is CCOc1cc2c(cc1NC(=O)CN1C(=O)NC(C)(c3ccc4c(c3)OCCO4)C1=O)OC(C)C2. The molecule has 0 saturated carbocycles. The number of anilines is 1. The molecule has 0 spiro atoms. The van der Waals surface area contributed by atoms with E-state index in [0.29, 0.717) is 54.1 Å². The average molecular weight is 482 g/mol. The Morgan fingerprint density at radius 2 is 1.94 bits per heavy atom. The summed E-state index contributed by atoms with van der Waals surface area (Å²) in [4.78, 5) is 39.8. The number of nitrogens with zero attached hydrogens (tertiary/aromatic N) is 1. The molecule has 4 amide bonds. The molecule has 0 bridgehead atoms. The molecule has 10 heteroatoms. The minimum atomic E-state index is -1.35. The molecule has 2 atom stereocenters. The molecular formula is C25H27N3O7. The molecule has 3 aliphatic rings. The monoisotopic (exact) mass is 481 g/mol. The van der Waals surface area contributed by atoms with Crippen LogP contribution < -0.4 is 29.6 Å². The van der Waals surface area contributed by atoms with Crippen molar-refractivity contribution in [2.45, 2.75) is 38.8 Å². The molecule has 184 valence electrons. The van der Waals surface area contributed by atoms with Crippen LogP contribution in [0.2, 0.25) is 0 Å². The van der Waals surface area contributed by atoms with Crippen molar-refractivity contribution >= 4 is 23.5 Å². The van der Waals surface area contributed by atoms with Crippen LogP contribution >= 0.6 is 0 Å². The molecule has 10 nitrogen and oxygen atoms in total. The Balaban J connectivity index is 1.33. The molecule has 3 heterocycles. The van der Waals surface area contributed by atoms with Gasteiger partial charge >= 0.3 is 6.03 Å². The summed E-state index contributed by atoms with van der Waals surface area (Å²) in [7, 11) is 0. The highest BCUT2D eigenvalue weighted by Crippen LogP contribution is 2.39. The highest BCUT2D eigenvalue weighted by Gasteiger charge is 2.50. The second-order valence-corrected chi connectivity index (χ2v) is 8.87. The maximum absolute atomic E-state index is 13.3. The minimum absolute atomic E-state index is 0.0366. The van der Waals surface area contributed by atoms with Gasteiger partial charge in [0, 0.05) is 18.1 Å². The first-order valence-electron chi connectivity index (χ1n) is 11.6. The van der Waals surface area contributed by atoms with Crippen LogP contribution in [-0.2, 0) is 21.5 Å². The molecule has 3 aliphatic heterocycles. The van der Waals surface area contributed by atoms with Crippen LogP contribution in [0.15, 0.2) is 30.3 Å². The van der Waals surface area contributed by atoms with E-state index in [0.717, 1.165) is 16.9 Å². The Bertz CT molecular complexity index is 1210. The van der Waals surface area contributed by atoms with Crippen LogP contribution in [0.3, 0.4) is 0 Å². The first-order valence-corrected chi connectivity index (χ1v) is 11.6. The van der Waals surface area contributed by atoms with Gasteiger partial charge in [0.2, 0.25) is 5.91 Å². The average Bonchev–Trinajstić information content (AvgIpc) is 3.30. The topological polar surface area (TPSA) is 115 Å². The number of carbonyl (C=O) groups excluding carboxylic acids is 3.